The van der Waals surface area contributed by atoms with E-state index in [1.807, 2.05) is 36.1 Å². The molecule has 1 aromatic rings. The van der Waals surface area contributed by atoms with E-state index in [9.17, 15) is 9.59 Å². The second-order valence-electron chi connectivity index (χ2n) is 7.01. The molecule has 6 nitrogen and oxygen atoms in total. The minimum absolute atomic E-state index is 0.0740. The molecule has 3 rings (SSSR count). The zero-order chi connectivity index (χ0) is 17.6. The molecular weight excluding hydrogens is 316 g/mol. The van der Waals surface area contributed by atoms with Crippen LogP contribution in [0.15, 0.2) is 24.3 Å². The van der Waals surface area contributed by atoms with Crippen molar-refractivity contribution >= 4 is 17.6 Å². The van der Waals surface area contributed by atoms with Gasteiger partial charge in [0.05, 0.1) is 5.92 Å². The van der Waals surface area contributed by atoms with Gasteiger partial charge in [-0.2, -0.15) is 0 Å². The van der Waals surface area contributed by atoms with Gasteiger partial charge in [0, 0.05) is 38.4 Å². The SMILES string of the molecule is Cc1cccc(NC(=O)N2CCCC(C(=O)N3CCCNCC3)C2)c1. The first-order valence-electron chi connectivity index (χ1n) is 9.25. The standard InChI is InChI=1S/C19H28N4O2/c1-15-5-2-7-17(13-15)21-19(25)23-10-3-6-16(14-23)18(24)22-11-4-8-20-9-12-22/h2,5,7,13,16,20H,3-4,6,8-12,14H2,1H3,(H,21,25). The quantitative estimate of drug-likeness (QED) is 0.863. The van der Waals surface area contributed by atoms with Crippen LogP contribution in [0.5, 0.6) is 0 Å². The number of piperidine rings is 1. The number of nitrogens with zero attached hydrogens (tertiary/aromatic N) is 2. The smallest absolute Gasteiger partial charge is 0.321 e. The molecular formula is C19H28N4O2. The minimum atomic E-state index is -0.111. The molecule has 3 amide bonds. The second-order valence-corrected chi connectivity index (χ2v) is 7.01. The monoisotopic (exact) mass is 344 g/mol. The van der Waals surface area contributed by atoms with Crippen LogP contribution in [0.3, 0.4) is 0 Å². The van der Waals surface area contributed by atoms with Crippen molar-refractivity contribution in [2.75, 3.05) is 44.6 Å². The van der Waals surface area contributed by atoms with Crippen LogP contribution in [0, 0.1) is 12.8 Å². The van der Waals surface area contributed by atoms with Gasteiger partial charge in [-0.1, -0.05) is 12.1 Å². The predicted octanol–water partition coefficient (Wildman–Crippen LogP) is 2.06. The first-order valence-corrected chi connectivity index (χ1v) is 9.25. The summed E-state index contributed by atoms with van der Waals surface area (Å²) in [7, 11) is 0. The molecule has 0 saturated carbocycles. The summed E-state index contributed by atoms with van der Waals surface area (Å²) in [4.78, 5) is 29.1. The summed E-state index contributed by atoms with van der Waals surface area (Å²) in [6.45, 7) is 6.64. The van der Waals surface area contributed by atoms with Crippen LogP contribution in [0.1, 0.15) is 24.8 Å². The molecule has 0 bridgehead atoms. The van der Waals surface area contributed by atoms with Gasteiger partial charge in [0.1, 0.15) is 0 Å². The first-order chi connectivity index (χ1) is 12.1. The van der Waals surface area contributed by atoms with Crippen molar-refractivity contribution in [3.63, 3.8) is 0 Å². The van der Waals surface area contributed by atoms with Crippen LogP contribution in [-0.2, 0) is 4.79 Å². The average Bonchev–Trinajstić information content (AvgIpc) is 2.90. The van der Waals surface area contributed by atoms with Crippen molar-refractivity contribution in [1.29, 1.82) is 0 Å². The lowest BCUT2D eigenvalue weighted by molar-refractivity contribution is -0.136. The molecule has 2 aliphatic rings. The largest absolute Gasteiger partial charge is 0.341 e. The molecule has 0 aromatic heterocycles. The van der Waals surface area contributed by atoms with Gasteiger partial charge in [-0.05, 0) is 50.4 Å². The Bertz CT molecular complexity index is 611. The Balaban J connectivity index is 1.58. The number of rotatable bonds is 2. The van der Waals surface area contributed by atoms with E-state index in [1.54, 1.807) is 4.90 Å². The maximum absolute atomic E-state index is 12.8. The lowest BCUT2D eigenvalue weighted by Crippen LogP contribution is -2.48. The highest BCUT2D eigenvalue weighted by Gasteiger charge is 2.31. The molecule has 2 saturated heterocycles. The van der Waals surface area contributed by atoms with Gasteiger partial charge in [-0.3, -0.25) is 4.79 Å². The number of aryl methyl sites for hydroxylation is 1. The summed E-state index contributed by atoms with van der Waals surface area (Å²) < 4.78 is 0. The van der Waals surface area contributed by atoms with E-state index < -0.39 is 0 Å². The summed E-state index contributed by atoms with van der Waals surface area (Å²) >= 11 is 0. The van der Waals surface area contributed by atoms with Crippen LogP contribution in [0.2, 0.25) is 0 Å². The van der Waals surface area contributed by atoms with E-state index >= 15 is 0 Å². The van der Waals surface area contributed by atoms with Crippen LogP contribution in [-0.4, -0.2) is 61.0 Å². The molecule has 0 spiro atoms. The third-order valence-electron chi connectivity index (χ3n) is 4.98. The molecule has 6 heteroatoms. The summed E-state index contributed by atoms with van der Waals surface area (Å²) in [5, 5.41) is 6.28. The predicted molar refractivity (Wildman–Crippen MR) is 98.6 cm³/mol. The van der Waals surface area contributed by atoms with Gasteiger partial charge < -0.3 is 20.4 Å². The van der Waals surface area contributed by atoms with Gasteiger partial charge in [0.25, 0.3) is 0 Å². The number of hydrogen-bond acceptors (Lipinski definition) is 3. The number of nitrogens with one attached hydrogen (secondary N) is 2. The number of anilines is 1. The molecule has 0 radical (unpaired) electrons. The zero-order valence-electron chi connectivity index (χ0n) is 15.0. The van der Waals surface area contributed by atoms with E-state index in [2.05, 4.69) is 10.6 Å². The second kappa shape index (κ2) is 8.34. The van der Waals surface area contributed by atoms with E-state index in [0.29, 0.717) is 13.1 Å². The number of carbonyl (C=O) groups excluding carboxylic acids is 2. The highest BCUT2D eigenvalue weighted by molar-refractivity contribution is 5.90. The van der Waals surface area contributed by atoms with Gasteiger partial charge in [-0.25, -0.2) is 4.79 Å². The number of amides is 3. The third-order valence-corrected chi connectivity index (χ3v) is 4.98. The fourth-order valence-corrected chi connectivity index (χ4v) is 3.61. The Labute approximate surface area is 149 Å². The lowest BCUT2D eigenvalue weighted by atomic mass is 9.96. The Hall–Kier alpha value is -2.08. The minimum Gasteiger partial charge on any atom is -0.341 e. The van der Waals surface area contributed by atoms with Crippen molar-refractivity contribution < 1.29 is 9.59 Å². The van der Waals surface area contributed by atoms with E-state index in [1.165, 1.54) is 0 Å². The summed E-state index contributed by atoms with van der Waals surface area (Å²) in [5.74, 6) is 0.131. The van der Waals surface area contributed by atoms with Crippen molar-refractivity contribution in [3.05, 3.63) is 29.8 Å². The molecule has 1 aromatic carbocycles. The van der Waals surface area contributed by atoms with Gasteiger partial charge >= 0.3 is 6.03 Å². The van der Waals surface area contributed by atoms with Gasteiger partial charge in [0.15, 0.2) is 0 Å². The molecule has 1 atom stereocenters. The van der Waals surface area contributed by atoms with Crippen LogP contribution in [0.4, 0.5) is 10.5 Å². The summed E-state index contributed by atoms with van der Waals surface area (Å²) in [6, 6.07) is 7.67. The van der Waals surface area contributed by atoms with E-state index in [4.69, 9.17) is 0 Å². The van der Waals surface area contributed by atoms with Crippen molar-refractivity contribution in [2.24, 2.45) is 5.92 Å². The highest BCUT2D eigenvalue weighted by Crippen LogP contribution is 2.20. The van der Waals surface area contributed by atoms with E-state index in [0.717, 1.165) is 56.7 Å². The summed E-state index contributed by atoms with van der Waals surface area (Å²) in [5.41, 5.74) is 1.91. The van der Waals surface area contributed by atoms with Gasteiger partial charge in [0.2, 0.25) is 5.91 Å². The van der Waals surface area contributed by atoms with Crippen LogP contribution < -0.4 is 10.6 Å². The van der Waals surface area contributed by atoms with Crippen molar-refractivity contribution in [1.82, 2.24) is 15.1 Å². The third kappa shape index (κ3) is 4.72. The van der Waals surface area contributed by atoms with Crippen molar-refractivity contribution in [2.45, 2.75) is 26.2 Å². The average molecular weight is 344 g/mol. The topological polar surface area (TPSA) is 64.7 Å². The van der Waals surface area contributed by atoms with Crippen molar-refractivity contribution in [3.8, 4) is 0 Å². The molecule has 2 heterocycles. The molecule has 2 fully saturated rings. The zero-order valence-corrected chi connectivity index (χ0v) is 15.0. The fourth-order valence-electron chi connectivity index (χ4n) is 3.61. The lowest BCUT2D eigenvalue weighted by Gasteiger charge is -2.34. The number of likely N-dealkylation sites (tertiary alicyclic amines) is 1. The van der Waals surface area contributed by atoms with Gasteiger partial charge in [-0.15, -0.1) is 0 Å². The number of benzene rings is 1. The molecule has 0 aliphatic carbocycles. The van der Waals surface area contributed by atoms with E-state index in [-0.39, 0.29) is 17.9 Å². The number of urea groups is 1. The Kier molecular flexibility index (Phi) is 5.91. The number of carbonyl (C=O) groups is 2. The Morgan fingerprint density at radius 1 is 1.12 bits per heavy atom. The Morgan fingerprint density at radius 2 is 1.96 bits per heavy atom. The fraction of sp³-hybridized carbons (Fsp3) is 0.579. The van der Waals surface area contributed by atoms with Crippen LogP contribution in [0.25, 0.3) is 0 Å². The normalized spacial score (nSPS) is 21.6. The molecule has 1 unspecified atom stereocenters. The molecule has 2 N–H and O–H groups in total. The highest BCUT2D eigenvalue weighted by atomic mass is 16.2. The molecule has 2 aliphatic heterocycles. The number of hydrogen-bond donors (Lipinski definition) is 2. The molecule has 25 heavy (non-hydrogen) atoms. The molecule has 136 valence electrons. The first kappa shape index (κ1) is 17.7. The maximum atomic E-state index is 12.8. The van der Waals surface area contributed by atoms with Crippen LogP contribution >= 0.6 is 0 Å². The summed E-state index contributed by atoms with van der Waals surface area (Å²) in [6.07, 6.45) is 2.75. The Morgan fingerprint density at radius 3 is 2.80 bits per heavy atom. The maximum Gasteiger partial charge on any atom is 0.321 e.